The Bertz CT molecular complexity index is 781. The Morgan fingerprint density at radius 1 is 1.19 bits per heavy atom. The molecule has 0 aliphatic heterocycles. The molecule has 26 heavy (non-hydrogen) atoms. The van der Waals surface area contributed by atoms with Crippen molar-refractivity contribution in [2.45, 2.75) is 33.6 Å². The number of thiophene rings is 1. The molecule has 1 fully saturated rings. The quantitative estimate of drug-likeness (QED) is 0.627. The van der Waals surface area contributed by atoms with E-state index >= 15 is 0 Å². The van der Waals surface area contributed by atoms with Gasteiger partial charge in [0.25, 0.3) is 0 Å². The number of amides is 1. The van der Waals surface area contributed by atoms with Gasteiger partial charge in [-0.1, -0.05) is 12.2 Å². The fourth-order valence-electron chi connectivity index (χ4n) is 4.03. The van der Waals surface area contributed by atoms with Gasteiger partial charge in [0.15, 0.2) is 0 Å². The highest BCUT2D eigenvalue weighted by atomic mass is 32.1. The first-order valence-corrected chi connectivity index (χ1v) is 9.63. The van der Waals surface area contributed by atoms with Crippen molar-refractivity contribution in [1.82, 2.24) is 0 Å². The Labute approximate surface area is 156 Å². The molecule has 7 heteroatoms. The highest BCUT2D eigenvalue weighted by Crippen LogP contribution is 2.45. The number of ether oxygens (including phenoxy) is 1. The molecular weight excluding hydrogens is 354 g/mol. The predicted octanol–water partition coefficient (Wildman–Crippen LogP) is 2.06. The molecule has 0 radical (unpaired) electrons. The molecule has 4 rings (SSSR count). The summed E-state index contributed by atoms with van der Waals surface area (Å²) in [6.45, 7) is 5.64. The van der Waals surface area contributed by atoms with Gasteiger partial charge in [-0.15, -0.1) is 11.3 Å². The summed E-state index contributed by atoms with van der Waals surface area (Å²) in [7, 11) is 0. The number of aryl methyl sites for hydroxylation is 1. The van der Waals surface area contributed by atoms with E-state index < -0.39 is 23.8 Å². The molecule has 0 aromatic carbocycles. The lowest BCUT2D eigenvalue weighted by atomic mass is 9.62. The van der Waals surface area contributed by atoms with Crippen molar-refractivity contribution in [3.8, 4) is 0 Å². The van der Waals surface area contributed by atoms with E-state index in [0.717, 1.165) is 23.3 Å². The monoisotopic (exact) mass is 376 g/mol. The number of nitrogens with one attached hydrogen (secondary N) is 1. The number of fused-ring (bicyclic) bond motifs is 2. The van der Waals surface area contributed by atoms with E-state index in [0.29, 0.717) is 10.6 Å². The fourth-order valence-corrected chi connectivity index (χ4v) is 5.08. The number of hydrogen-bond acceptors (Lipinski definition) is 6. The van der Waals surface area contributed by atoms with E-state index in [1.54, 1.807) is 6.92 Å². The van der Waals surface area contributed by atoms with Crippen LogP contribution in [0.1, 0.15) is 40.6 Å². The van der Waals surface area contributed by atoms with Gasteiger partial charge in [-0.05, 0) is 51.0 Å². The number of allylic oxidation sites excluding steroid dienone is 2. The van der Waals surface area contributed by atoms with Crippen molar-refractivity contribution in [2.24, 2.45) is 23.7 Å². The van der Waals surface area contributed by atoms with Crippen molar-refractivity contribution in [2.75, 3.05) is 11.9 Å². The van der Waals surface area contributed by atoms with Crippen LogP contribution in [0.25, 0.3) is 0 Å². The summed E-state index contributed by atoms with van der Waals surface area (Å²) in [6.07, 6.45) is 5.38. The summed E-state index contributed by atoms with van der Waals surface area (Å²) in [5, 5.41) is 14.9. The standard InChI is InChI=1S/C19H23NO5S/c1-4-25-19(24)13-9(2)10(3)26-17(13)20-16(21)14-11-5-7-12(8-6-11)15(14)18(22)23/h5,7,11-12,14-15H,4,6,8H2,1-3H3,(H,20,21)(H,22,23)/p-1/t11-,12-,14-,15-/m0/s1. The molecule has 1 heterocycles. The molecule has 0 unspecified atom stereocenters. The summed E-state index contributed by atoms with van der Waals surface area (Å²) in [6, 6.07) is 0. The van der Waals surface area contributed by atoms with Crippen LogP contribution in [0.2, 0.25) is 0 Å². The van der Waals surface area contributed by atoms with Crippen molar-refractivity contribution in [1.29, 1.82) is 0 Å². The second kappa shape index (κ2) is 7.23. The molecule has 1 N–H and O–H groups in total. The molecule has 1 aromatic rings. The van der Waals surface area contributed by atoms with Gasteiger partial charge in [0.05, 0.1) is 18.1 Å². The van der Waals surface area contributed by atoms with E-state index in [9.17, 15) is 19.5 Å². The van der Waals surface area contributed by atoms with Crippen LogP contribution in [-0.4, -0.2) is 24.5 Å². The minimum atomic E-state index is -1.19. The average molecular weight is 376 g/mol. The molecular formula is C19H22NO5S-. The lowest BCUT2D eigenvalue weighted by Crippen LogP contribution is -2.51. The van der Waals surface area contributed by atoms with Gasteiger partial charge >= 0.3 is 5.97 Å². The minimum absolute atomic E-state index is 0.115. The molecule has 4 atom stereocenters. The molecule has 0 spiro atoms. The lowest BCUT2D eigenvalue weighted by Gasteiger charge is -2.44. The van der Waals surface area contributed by atoms with Gasteiger partial charge < -0.3 is 20.0 Å². The third kappa shape index (κ3) is 3.16. The smallest absolute Gasteiger partial charge is 0.341 e. The maximum Gasteiger partial charge on any atom is 0.341 e. The number of hydrogen-bond donors (Lipinski definition) is 1. The number of carbonyl (C=O) groups is 3. The number of esters is 1. The van der Waals surface area contributed by atoms with E-state index in [1.807, 2.05) is 26.0 Å². The average Bonchev–Trinajstić information content (AvgIpc) is 2.89. The van der Waals surface area contributed by atoms with E-state index in [1.165, 1.54) is 11.3 Å². The lowest BCUT2D eigenvalue weighted by molar-refractivity contribution is -0.316. The molecule has 2 bridgehead atoms. The van der Waals surface area contributed by atoms with Crippen LogP contribution >= 0.6 is 11.3 Å². The number of rotatable bonds is 5. The first kappa shape index (κ1) is 18.6. The molecule has 1 saturated carbocycles. The van der Waals surface area contributed by atoms with Gasteiger partial charge in [-0.2, -0.15) is 0 Å². The van der Waals surface area contributed by atoms with E-state index in [2.05, 4.69) is 5.32 Å². The Morgan fingerprint density at radius 2 is 1.81 bits per heavy atom. The molecule has 3 aliphatic carbocycles. The molecule has 3 aliphatic rings. The minimum Gasteiger partial charge on any atom is -0.550 e. The summed E-state index contributed by atoms with van der Waals surface area (Å²) in [5.74, 6) is -3.83. The number of carboxylic acid groups (broad SMARTS) is 1. The Balaban J connectivity index is 1.88. The van der Waals surface area contributed by atoms with Crippen molar-refractivity contribution < 1.29 is 24.2 Å². The zero-order chi connectivity index (χ0) is 19.0. The number of carbonyl (C=O) groups excluding carboxylic acids is 3. The second-order valence-corrected chi connectivity index (χ2v) is 8.08. The van der Waals surface area contributed by atoms with Crippen LogP contribution < -0.4 is 10.4 Å². The molecule has 1 aromatic heterocycles. The summed E-state index contributed by atoms with van der Waals surface area (Å²) < 4.78 is 5.10. The SMILES string of the molecule is CCOC(=O)c1c(NC(=O)[C@@H]2[C@@H](C(=O)[O-])[C@H]3C=C[C@H]2CC3)sc(C)c1C. The topological polar surface area (TPSA) is 95.5 Å². The Hall–Kier alpha value is -2.15. The molecule has 0 saturated heterocycles. The highest BCUT2D eigenvalue weighted by Gasteiger charge is 2.45. The zero-order valence-electron chi connectivity index (χ0n) is 15.0. The van der Waals surface area contributed by atoms with Gasteiger partial charge in [-0.3, -0.25) is 4.79 Å². The van der Waals surface area contributed by atoms with Crippen molar-refractivity contribution >= 4 is 34.2 Å². The molecule has 6 nitrogen and oxygen atoms in total. The van der Waals surface area contributed by atoms with Crippen molar-refractivity contribution in [3.63, 3.8) is 0 Å². The third-order valence-corrected chi connectivity index (χ3v) is 6.55. The maximum absolute atomic E-state index is 12.9. The van der Waals surface area contributed by atoms with Gasteiger partial charge in [0, 0.05) is 16.8 Å². The van der Waals surface area contributed by atoms with Crippen LogP contribution in [-0.2, 0) is 14.3 Å². The zero-order valence-corrected chi connectivity index (χ0v) is 15.9. The van der Waals surface area contributed by atoms with Crippen LogP contribution in [0.15, 0.2) is 12.2 Å². The summed E-state index contributed by atoms with van der Waals surface area (Å²) in [4.78, 5) is 37.8. The van der Waals surface area contributed by atoms with Crippen LogP contribution in [0, 0.1) is 37.5 Å². The van der Waals surface area contributed by atoms with Crippen molar-refractivity contribution in [3.05, 3.63) is 28.2 Å². The van der Waals surface area contributed by atoms with Crippen LogP contribution in [0.3, 0.4) is 0 Å². The van der Waals surface area contributed by atoms with E-state index in [-0.39, 0.29) is 24.3 Å². The predicted molar refractivity (Wildman–Crippen MR) is 95.7 cm³/mol. The van der Waals surface area contributed by atoms with E-state index in [4.69, 9.17) is 4.74 Å². The highest BCUT2D eigenvalue weighted by molar-refractivity contribution is 7.16. The third-order valence-electron chi connectivity index (χ3n) is 5.42. The molecule has 140 valence electrons. The van der Waals surface area contributed by atoms with Gasteiger partial charge in [-0.25, -0.2) is 4.79 Å². The fraction of sp³-hybridized carbons (Fsp3) is 0.526. The maximum atomic E-state index is 12.9. The largest absolute Gasteiger partial charge is 0.550 e. The first-order valence-electron chi connectivity index (χ1n) is 8.82. The number of anilines is 1. The summed E-state index contributed by atoms with van der Waals surface area (Å²) >= 11 is 1.30. The second-order valence-electron chi connectivity index (χ2n) is 6.86. The normalized spacial score (nSPS) is 26.6. The van der Waals surface area contributed by atoms with Gasteiger partial charge in [0.1, 0.15) is 5.00 Å². The first-order chi connectivity index (χ1) is 12.3. The number of aliphatic carboxylic acids is 1. The van der Waals surface area contributed by atoms with Crippen LogP contribution in [0.4, 0.5) is 5.00 Å². The number of carboxylic acids is 1. The molecule has 1 amide bonds. The Kier molecular flexibility index (Phi) is 5.18. The van der Waals surface area contributed by atoms with Gasteiger partial charge in [0.2, 0.25) is 5.91 Å². The Morgan fingerprint density at radius 3 is 2.35 bits per heavy atom. The van der Waals surface area contributed by atoms with Crippen LogP contribution in [0.5, 0.6) is 0 Å². The summed E-state index contributed by atoms with van der Waals surface area (Å²) in [5.41, 5.74) is 1.12.